The van der Waals surface area contributed by atoms with E-state index in [1.807, 2.05) is 18.2 Å². The molecule has 0 bridgehead atoms. The summed E-state index contributed by atoms with van der Waals surface area (Å²) in [5.74, 6) is 0.778. The second-order valence-electron chi connectivity index (χ2n) is 6.86. The van der Waals surface area contributed by atoms with Gasteiger partial charge in [-0.1, -0.05) is 30.3 Å². The average molecular weight is 417 g/mol. The van der Waals surface area contributed by atoms with Crippen LogP contribution >= 0.6 is 0 Å². The minimum Gasteiger partial charge on any atom is -0.372 e. The molecule has 2 rings (SSSR count). The number of rotatable bonds is 10. The van der Waals surface area contributed by atoms with Crippen LogP contribution in [0.3, 0.4) is 0 Å². The smallest absolute Gasteiger partial charge is 0.190 e. The molecule has 0 atom stereocenters. The van der Waals surface area contributed by atoms with E-state index in [-0.39, 0.29) is 0 Å². The Hall–Kier alpha value is -2.54. The van der Waals surface area contributed by atoms with Crippen molar-refractivity contribution >= 4 is 21.5 Å². The lowest BCUT2D eigenvalue weighted by atomic mass is 10.1. The van der Waals surface area contributed by atoms with E-state index >= 15 is 0 Å². The summed E-state index contributed by atoms with van der Waals surface area (Å²) in [5, 5.41) is 6.65. The van der Waals surface area contributed by atoms with Gasteiger partial charge in [-0.05, 0) is 49.6 Å². The van der Waals surface area contributed by atoms with Gasteiger partial charge in [0.15, 0.2) is 15.8 Å². The molecule has 158 valence electrons. The third kappa shape index (κ3) is 7.77. The van der Waals surface area contributed by atoms with Crippen LogP contribution in [0, 0.1) is 0 Å². The fourth-order valence-electron chi connectivity index (χ4n) is 3.03. The zero-order valence-electron chi connectivity index (χ0n) is 17.6. The molecule has 0 amide bonds. The number of aliphatic imine (C=N–C) groups is 1. The van der Waals surface area contributed by atoms with Crippen molar-refractivity contribution in [2.75, 3.05) is 44.4 Å². The van der Waals surface area contributed by atoms with Crippen LogP contribution < -0.4 is 15.5 Å². The van der Waals surface area contributed by atoms with Crippen LogP contribution in [0.2, 0.25) is 0 Å². The fraction of sp³-hybridized carbons (Fsp3) is 0.409. The molecule has 0 radical (unpaired) electrons. The first-order valence-corrected chi connectivity index (χ1v) is 11.9. The number of sulfone groups is 1. The highest BCUT2D eigenvalue weighted by Crippen LogP contribution is 2.13. The molecule has 0 saturated heterocycles. The van der Waals surface area contributed by atoms with Crippen molar-refractivity contribution in [3.63, 3.8) is 0 Å². The number of guanidine groups is 1. The average Bonchev–Trinajstić information content (AvgIpc) is 2.73. The second kappa shape index (κ2) is 11.5. The molecule has 0 saturated carbocycles. The number of nitrogens with zero attached hydrogens (tertiary/aromatic N) is 2. The van der Waals surface area contributed by atoms with E-state index in [4.69, 9.17) is 0 Å². The number of benzene rings is 2. The summed E-state index contributed by atoms with van der Waals surface area (Å²) in [6, 6.07) is 17.5. The van der Waals surface area contributed by atoms with E-state index in [0.717, 1.165) is 50.5 Å². The number of nitrogens with one attached hydrogen (secondary N) is 2. The molecule has 6 nitrogen and oxygen atoms in total. The Morgan fingerprint density at radius 3 is 2.24 bits per heavy atom. The molecule has 0 aliphatic rings. The van der Waals surface area contributed by atoms with Gasteiger partial charge in [-0.15, -0.1) is 0 Å². The molecule has 2 N–H and O–H groups in total. The zero-order valence-corrected chi connectivity index (χ0v) is 18.4. The van der Waals surface area contributed by atoms with Crippen LogP contribution in [-0.2, 0) is 16.3 Å². The Morgan fingerprint density at radius 2 is 1.66 bits per heavy atom. The zero-order chi connectivity index (χ0) is 21.1. The van der Waals surface area contributed by atoms with Gasteiger partial charge in [0.2, 0.25) is 0 Å². The number of hydrogen-bond acceptors (Lipinski definition) is 4. The van der Waals surface area contributed by atoms with Crippen LogP contribution in [-0.4, -0.2) is 53.9 Å². The van der Waals surface area contributed by atoms with Gasteiger partial charge in [0.05, 0.1) is 4.90 Å². The molecule has 2 aromatic carbocycles. The molecule has 29 heavy (non-hydrogen) atoms. The van der Waals surface area contributed by atoms with Gasteiger partial charge >= 0.3 is 0 Å². The molecule has 0 spiro atoms. The van der Waals surface area contributed by atoms with Gasteiger partial charge in [-0.25, -0.2) is 8.42 Å². The predicted molar refractivity (Wildman–Crippen MR) is 122 cm³/mol. The highest BCUT2D eigenvalue weighted by atomic mass is 32.2. The summed E-state index contributed by atoms with van der Waals surface area (Å²) in [5.41, 5.74) is 2.33. The Bertz CT molecular complexity index is 865. The van der Waals surface area contributed by atoms with Crippen LogP contribution in [0.4, 0.5) is 5.69 Å². The van der Waals surface area contributed by atoms with E-state index in [2.05, 4.69) is 51.7 Å². The van der Waals surface area contributed by atoms with Gasteiger partial charge in [-0.2, -0.15) is 0 Å². The van der Waals surface area contributed by atoms with Gasteiger partial charge < -0.3 is 15.5 Å². The Kier molecular flexibility index (Phi) is 8.99. The topological polar surface area (TPSA) is 73.8 Å². The Morgan fingerprint density at radius 1 is 1.00 bits per heavy atom. The van der Waals surface area contributed by atoms with Crippen LogP contribution in [0.25, 0.3) is 0 Å². The van der Waals surface area contributed by atoms with E-state index in [9.17, 15) is 8.42 Å². The monoisotopic (exact) mass is 416 g/mol. The lowest BCUT2D eigenvalue weighted by molar-refractivity contribution is 0.602. The maximum absolute atomic E-state index is 11.5. The van der Waals surface area contributed by atoms with E-state index in [1.165, 1.54) is 11.9 Å². The molecule has 0 heterocycles. The minimum atomic E-state index is -3.14. The molecule has 2 aromatic rings. The van der Waals surface area contributed by atoms with Crippen molar-refractivity contribution in [2.45, 2.75) is 24.7 Å². The van der Waals surface area contributed by atoms with Crippen molar-refractivity contribution in [3.05, 3.63) is 60.2 Å². The fourth-order valence-corrected chi connectivity index (χ4v) is 3.66. The normalized spacial score (nSPS) is 11.9. The lowest BCUT2D eigenvalue weighted by Gasteiger charge is -2.23. The third-order valence-corrected chi connectivity index (χ3v) is 5.81. The molecule has 0 aromatic heterocycles. The Labute approximate surface area is 175 Å². The summed E-state index contributed by atoms with van der Waals surface area (Å²) in [6.07, 6.45) is 3.03. The molecule has 0 unspecified atom stereocenters. The quantitative estimate of drug-likeness (QED) is 0.354. The maximum atomic E-state index is 11.5. The molecule has 0 fully saturated rings. The van der Waals surface area contributed by atoms with Crippen molar-refractivity contribution < 1.29 is 8.42 Å². The van der Waals surface area contributed by atoms with Crippen LogP contribution in [0.15, 0.2) is 64.5 Å². The van der Waals surface area contributed by atoms with Crippen molar-refractivity contribution in [1.29, 1.82) is 0 Å². The summed E-state index contributed by atoms with van der Waals surface area (Å²) in [7, 11) is -1.38. The van der Waals surface area contributed by atoms with E-state index in [1.54, 1.807) is 19.2 Å². The SMILES string of the molecule is CCN(CCCNC(=NC)NCCc1ccc(S(C)(=O)=O)cc1)c1ccccc1. The summed E-state index contributed by atoms with van der Waals surface area (Å²) < 4.78 is 23.0. The minimum absolute atomic E-state index is 0.350. The highest BCUT2D eigenvalue weighted by molar-refractivity contribution is 7.90. The number of hydrogen-bond donors (Lipinski definition) is 2. The van der Waals surface area contributed by atoms with Crippen molar-refractivity contribution in [2.24, 2.45) is 4.99 Å². The summed E-state index contributed by atoms with van der Waals surface area (Å²) in [4.78, 5) is 6.97. The largest absolute Gasteiger partial charge is 0.372 e. The van der Waals surface area contributed by atoms with Gasteiger partial charge in [0.25, 0.3) is 0 Å². The summed E-state index contributed by atoms with van der Waals surface area (Å²) in [6.45, 7) is 5.70. The molecule has 0 aliphatic heterocycles. The first-order chi connectivity index (χ1) is 13.9. The molecule has 0 aliphatic carbocycles. The van der Waals surface area contributed by atoms with Crippen LogP contribution in [0.5, 0.6) is 0 Å². The third-order valence-electron chi connectivity index (χ3n) is 4.68. The first kappa shape index (κ1) is 22.7. The van der Waals surface area contributed by atoms with Crippen LogP contribution in [0.1, 0.15) is 18.9 Å². The summed E-state index contributed by atoms with van der Waals surface area (Å²) >= 11 is 0. The van der Waals surface area contributed by atoms with Crippen molar-refractivity contribution in [3.8, 4) is 0 Å². The number of anilines is 1. The first-order valence-electron chi connectivity index (χ1n) is 9.97. The Balaban J connectivity index is 1.70. The van der Waals surface area contributed by atoms with E-state index in [0.29, 0.717) is 4.90 Å². The van der Waals surface area contributed by atoms with Gasteiger partial charge in [0, 0.05) is 45.2 Å². The standard InChI is InChI=1S/C22H32N4O2S/c1-4-26(20-9-6-5-7-10-20)18-8-16-24-22(23-2)25-17-15-19-11-13-21(14-12-19)29(3,27)28/h5-7,9-14H,4,8,15-18H2,1-3H3,(H2,23,24,25). The molecule has 7 heteroatoms. The van der Waals surface area contributed by atoms with Gasteiger partial charge in [0.1, 0.15) is 0 Å². The maximum Gasteiger partial charge on any atom is 0.190 e. The molecular formula is C22H32N4O2S. The predicted octanol–water partition coefficient (Wildman–Crippen LogP) is 2.71. The van der Waals surface area contributed by atoms with Crippen molar-refractivity contribution in [1.82, 2.24) is 10.6 Å². The number of para-hydroxylation sites is 1. The second-order valence-corrected chi connectivity index (χ2v) is 8.88. The van der Waals surface area contributed by atoms with E-state index < -0.39 is 9.84 Å². The highest BCUT2D eigenvalue weighted by Gasteiger charge is 2.06. The lowest BCUT2D eigenvalue weighted by Crippen LogP contribution is -2.39. The molecular weight excluding hydrogens is 384 g/mol. The van der Waals surface area contributed by atoms with Gasteiger partial charge in [-0.3, -0.25) is 4.99 Å².